The Morgan fingerprint density at radius 1 is 1.27 bits per heavy atom. The quantitative estimate of drug-likeness (QED) is 0.863. The Kier molecular flexibility index (Phi) is 4.49. The topological polar surface area (TPSA) is 75.7 Å². The first-order chi connectivity index (χ1) is 10.3. The highest BCUT2D eigenvalue weighted by Crippen LogP contribution is 2.19. The minimum atomic E-state index is -0.584. The van der Waals surface area contributed by atoms with E-state index in [4.69, 9.17) is 4.74 Å². The van der Waals surface area contributed by atoms with Crippen LogP contribution in [0.2, 0.25) is 0 Å². The van der Waals surface area contributed by atoms with Crippen LogP contribution in [0.25, 0.3) is 0 Å². The number of fused-ring (bicyclic) bond motifs is 1. The van der Waals surface area contributed by atoms with E-state index in [2.05, 4.69) is 5.32 Å². The number of carbonyl (C=O) groups is 3. The molecule has 1 aliphatic rings. The van der Waals surface area contributed by atoms with Gasteiger partial charge in [-0.15, -0.1) is 0 Å². The van der Waals surface area contributed by atoms with Crippen LogP contribution in [0, 0.1) is 0 Å². The van der Waals surface area contributed by atoms with E-state index in [-0.39, 0.29) is 31.3 Å². The van der Waals surface area contributed by atoms with Gasteiger partial charge < -0.3 is 10.1 Å². The first-order valence-electron chi connectivity index (χ1n) is 7.17. The lowest BCUT2D eigenvalue weighted by atomic mass is 9.98. The first kappa shape index (κ1) is 16.0. The van der Waals surface area contributed by atoms with Crippen LogP contribution < -0.4 is 5.32 Å². The van der Waals surface area contributed by atoms with E-state index >= 15 is 0 Å². The second-order valence-electron chi connectivity index (χ2n) is 6.11. The number of rotatable bonds is 3. The van der Waals surface area contributed by atoms with Gasteiger partial charge in [0, 0.05) is 18.7 Å². The van der Waals surface area contributed by atoms with Crippen LogP contribution in [0.4, 0.5) is 4.79 Å². The van der Waals surface area contributed by atoms with E-state index in [0.717, 1.165) is 5.56 Å². The van der Waals surface area contributed by atoms with Crippen molar-refractivity contribution in [3.8, 4) is 0 Å². The lowest BCUT2D eigenvalue weighted by molar-refractivity contribution is -0.128. The van der Waals surface area contributed by atoms with Crippen molar-refractivity contribution in [3.63, 3.8) is 0 Å². The molecule has 0 bridgehead atoms. The van der Waals surface area contributed by atoms with Gasteiger partial charge in [0.1, 0.15) is 5.60 Å². The molecule has 0 aromatic heterocycles. The molecule has 22 heavy (non-hydrogen) atoms. The molecule has 0 spiro atoms. The average Bonchev–Trinajstić information content (AvgIpc) is 2.40. The van der Waals surface area contributed by atoms with Gasteiger partial charge in [0.05, 0.1) is 6.42 Å². The van der Waals surface area contributed by atoms with Crippen molar-refractivity contribution in [3.05, 3.63) is 35.4 Å². The number of hydrogen-bond acceptors (Lipinski definition) is 4. The van der Waals surface area contributed by atoms with Crippen molar-refractivity contribution in [2.75, 3.05) is 13.1 Å². The summed E-state index contributed by atoms with van der Waals surface area (Å²) in [6, 6.07) is 7.06. The minimum absolute atomic E-state index is 0.130. The van der Waals surface area contributed by atoms with Gasteiger partial charge in [0.2, 0.25) is 5.91 Å². The number of alkyl carbamates (subject to hydrolysis) is 1. The van der Waals surface area contributed by atoms with Gasteiger partial charge in [-0.25, -0.2) is 4.79 Å². The zero-order valence-electron chi connectivity index (χ0n) is 13.0. The molecule has 0 saturated heterocycles. The maximum atomic E-state index is 12.3. The Labute approximate surface area is 129 Å². The highest BCUT2D eigenvalue weighted by Gasteiger charge is 2.30. The smallest absolute Gasteiger partial charge is 0.407 e. The molecule has 1 aliphatic heterocycles. The summed E-state index contributed by atoms with van der Waals surface area (Å²) >= 11 is 0. The first-order valence-corrected chi connectivity index (χ1v) is 7.17. The molecule has 118 valence electrons. The third-order valence-electron chi connectivity index (χ3n) is 3.14. The van der Waals surface area contributed by atoms with Gasteiger partial charge in [-0.3, -0.25) is 14.5 Å². The third-order valence-corrected chi connectivity index (χ3v) is 3.14. The van der Waals surface area contributed by atoms with Crippen molar-refractivity contribution in [2.45, 2.75) is 32.8 Å². The third kappa shape index (κ3) is 3.84. The molecule has 1 aromatic carbocycles. The van der Waals surface area contributed by atoms with E-state index in [1.54, 1.807) is 45.0 Å². The molecule has 0 unspecified atom stereocenters. The summed E-state index contributed by atoms with van der Waals surface area (Å²) in [5.41, 5.74) is 0.702. The van der Waals surface area contributed by atoms with Gasteiger partial charge in [0.15, 0.2) is 0 Å². The number of nitrogens with zero attached hydrogens (tertiary/aromatic N) is 1. The average molecular weight is 304 g/mol. The molecule has 1 N–H and O–H groups in total. The van der Waals surface area contributed by atoms with E-state index in [0.29, 0.717) is 5.56 Å². The molecule has 0 radical (unpaired) electrons. The molecule has 6 heteroatoms. The number of hydrogen-bond donors (Lipinski definition) is 1. The van der Waals surface area contributed by atoms with E-state index < -0.39 is 11.7 Å². The van der Waals surface area contributed by atoms with Crippen LogP contribution in [0.15, 0.2) is 24.3 Å². The Hall–Kier alpha value is -2.37. The van der Waals surface area contributed by atoms with Crippen molar-refractivity contribution < 1.29 is 19.1 Å². The second kappa shape index (κ2) is 6.17. The van der Waals surface area contributed by atoms with Crippen LogP contribution >= 0.6 is 0 Å². The predicted molar refractivity (Wildman–Crippen MR) is 80.4 cm³/mol. The Bertz CT molecular complexity index is 604. The maximum absolute atomic E-state index is 12.3. The van der Waals surface area contributed by atoms with Crippen LogP contribution in [0.3, 0.4) is 0 Å². The molecular formula is C16H20N2O4. The van der Waals surface area contributed by atoms with E-state index in [1.807, 2.05) is 0 Å². The lowest BCUT2D eigenvalue weighted by Gasteiger charge is -2.27. The molecule has 0 aliphatic carbocycles. The van der Waals surface area contributed by atoms with Crippen LogP contribution in [-0.4, -0.2) is 41.5 Å². The predicted octanol–water partition coefficient (Wildman–Crippen LogP) is 1.74. The monoisotopic (exact) mass is 304 g/mol. The molecule has 0 fully saturated rings. The Morgan fingerprint density at radius 3 is 2.64 bits per heavy atom. The molecule has 1 aromatic rings. The fourth-order valence-corrected chi connectivity index (χ4v) is 2.21. The van der Waals surface area contributed by atoms with Crippen LogP contribution in [0.5, 0.6) is 0 Å². The summed E-state index contributed by atoms with van der Waals surface area (Å²) in [4.78, 5) is 37.0. The second-order valence-corrected chi connectivity index (χ2v) is 6.11. The minimum Gasteiger partial charge on any atom is -0.444 e. The van der Waals surface area contributed by atoms with Gasteiger partial charge >= 0.3 is 6.09 Å². The molecule has 6 nitrogen and oxygen atoms in total. The van der Waals surface area contributed by atoms with Gasteiger partial charge in [-0.05, 0) is 32.4 Å². The van der Waals surface area contributed by atoms with Gasteiger partial charge in [-0.2, -0.15) is 0 Å². The number of carbonyl (C=O) groups excluding carboxylic acids is 3. The Balaban J connectivity index is 1.93. The summed E-state index contributed by atoms with van der Waals surface area (Å²) in [5, 5.41) is 2.54. The number of benzene rings is 1. The van der Waals surface area contributed by atoms with E-state index in [9.17, 15) is 14.4 Å². The summed E-state index contributed by atoms with van der Waals surface area (Å²) in [7, 11) is 0. The maximum Gasteiger partial charge on any atom is 0.407 e. The Morgan fingerprint density at radius 2 is 1.95 bits per heavy atom. The summed E-state index contributed by atoms with van der Waals surface area (Å²) < 4.78 is 5.10. The van der Waals surface area contributed by atoms with Gasteiger partial charge in [-0.1, -0.05) is 18.2 Å². The number of amides is 3. The van der Waals surface area contributed by atoms with Crippen molar-refractivity contribution >= 4 is 17.9 Å². The van der Waals surface area contributed by atoms with Gasteiger partial charge in [0.25, 0.3) is 5.91 Å². The van der Waals surface area contributed by atoms with Crippen LogP contribution in [0.1, 0.15) is 36.7 Å². The number of imide groups is 1. The number of nitrogens with one attached hydrogen (secondary N) is 1. The molecule has 2 rings (SSSR count). The molecular weight excluding hydrogens is 284 g/mol. The van der Waals surface area contributed by atoms with Crippen molar-refractivity contribution in [1.29, 1.82) is 0 Å². The molecule has 0 atom stereocenters. The zero-order chi connectivity index (χ0) is 16.3. The lowest BCUT2D eigenvalue weighted by Crippen LogP contribution is -2.46. The summed E-state index contributed by atoms with van der Waals surface area (Å²) in [5.74, 6) is -0.576. The summed E-state index contributed by atoms with van der Waals surface area (Å²) in [6.07, 6.45) is -0.362. The SMILES string of the molecule is CC(C)(C)OC(=O)NCCN1C(=O)Cc2ccccc2C1=O. The highest BCUT2D eigenvalue weighted by atomic mass is 16.6. The van der Waals surface area contributed by atoms with Crippen LogP contribution in [-0.2, 0) is 16.0 Å². The van der Waals surface area contributed by atoms with E-state index in [1.165, 1.54) is 4.90 Å². The zero-order valence-corrected chi connectivity index (χ0v) is 13.0. The molecule has 3 amide bonds. The number of ether oxygens (including phenoxy) is 1. The molecule has 1 heterocycles. The highest BCUT2D eigenvalue weighted by molar-refractivity contribution is 6.09. The van der Waals surface area contributed by atoms with Crippen molar-refractivity contribution in [1.82, 2.24) is 10.2 Å². The normalized spacial score (nSPS) is 14.6. The van der Waals surface area contributed by atoms with Crippen molar-refractivity contribution in [2.24, 2.45) is 0 Å². The largest absolute Gasteiger partial charge is 0.444 e. The molecule has 0 saturated carbocycles. The summed E-state index contributed by atoms with van der Waals surface area (Å²) in [6.45, 7) is 5.59. The fraction of sp³-hybridized carbons (Fsp3) is 0.438. The standard InChI is InChI=1S/C16H20N2O4/c1-16(2,3)22-15(21)17-8-9-18-13(19)10-11-6-4-5-7-12(11)14(18)20/h4-7H,8-10H2,1-3H3,(H,17,21). The fourth-order valence-electron chi connectivity index (χ4n) is 2.21.